The van der Waals surface area contributed by atoms with Crippen molar-refractivity contribution in [3.8, 4) is 0 Å². The van der Waals surface area contributed by atoms with Crippen molar-refractivity contribution >= 4 is 0 Å². The van der Waals surface area contributed by atoms with Crippen LogP contribution < -0.4 is 5.32 Å². The minimum atomic E-state index is 0.228. The van der Waals surface area contributed by atoms with Gasteiger partial charge in [-0.2, -0.15) is 0 Å². The maximum atomic E-state index is 6.01. The third-order valence-electron chi connectivity index (χ3n) is 3.88. The number of hydrogen-bond acceptors (Lipinski definition) is 2. The van der Waals surface area contributed by atoms with Gasteiger partial charge in [0.2, 0.25) is 0 Å². The van der Waals surface area contributed by atoms with Gasteiger partial charge in [-0.3, -0.25) is 0 Å². The van der Waals surface area contributed by atoms with Gasteiger partial charge in [0.15, 0.2) is 0 Å². The Bertz CT molecular complexity index is 195. The summed E-state index contributed by atoms with van der Waals surface area (Å²) in [6.07, 6.45) is 8.34. The van der Waals surface area contributed by atoms with Crippen molar-refractivity contribution in [1.29, 1.82) is 0 Å². The number of morpholine rings is 1. The summed E-state index contributed by atoms with van der Waals surface area (Å²) in [7, 11) is 0. The first-order valence-electron chi connectivity index (χ1n) is 6.13. The lowest BCUT2D eigenvalue weighted by Crippen LogP contribution is -2.60. The van der Waals surface area contributed by atoms with Gasteiger partial charge in [0, 0.05) is 11.6 Å². The van der Waals surface area contributed by atoms with Crippen LogP contribution in [-0.2, 0) is 4.74 Å². The first kappa shape index (κ1) is 10.4. The van der Waals surface area contributed by atoms with Gasteiger partial charge >= 0.3 is 0 Å². The van der Waals surface area contributed by atoms with E-state index in [4.69, 9.17) is 4.74 Å². The normalized spacial score (nSPS) is 44.1. The summed E-state index contributed by atoms with van der Waals surface area (Å²) in [5.74, 6) is 0. The molecule has 3 unspecified atom stereocenters. The number of rotatable bonds is 1. The summed E-state index contributed by atoms with van der Waals surface area (Å²) in [5, 5.41) is 3.80. The molecule has 1 heterocycles. The maximum Gasteiger partial charge on any atom is 0.0729 e. The maximum absolute atomic E-state index is 6.01. The van der Waals surface area contributed by atoms with Crippen molar-refractivity contribution in [3.05, 3.63) is 0 Å². The third kappa shape index (κ3) is 2.12. The lowest BCUT2D eigenvalue weighted by Gasteiger charge is -2.43. The molecule has 0 bridgehead atoms. The van der Waals surface area contributed by atoms with Crippen LogP contribution in [0.3, 0.4) is 0 Å². The van der Waals surface area contributed by atoms with Crippen molar-refractivity contribution in [2.75, 3.05) is 6.61 Å². The Labute approximate surface area is 87.4 Å². The van der Waals surface area contributed by atoms with Crippen LogP contribution in [0.1, 0.15) is 52.4 Å². The van der Waals surface area contributed by atoms with Crippen LogP contribution >= 0.6 is 0 Å². The van der Waals surface area contributed by atoms with E-state index in [1.807, 2.05) is 0 Å². The molecular weight excluding hydrogens is 174 g/mol. The van der Waals surface area contributed by atoms with Gasteiger partial charge in [0.1, 0.15) is 0 Å². The molecule has 0 aromatic carbocycles. The van der Waals surface area contributed by atoms with E-state index in [1.54, 1.807) is 0 Å². The molecule has 1 N–H and O–H groups in total. The fourth-order valence-corrected chi connectivity index (χ4v) is 2.62. The Morgan fingerprint density at radius 1 is 1.29 bits per heavy atom. The third-order valence-corrected chi connectivity index (χ3v) is 3.88. The molecule has 2 heteroatoms. The first-order valence-corrected chi connectivity index (χ1v) is 6.13. The minimum Gasteiger partial charge on any atom is -0.375 e. The lowest BCUT2D eigenvalue weighted by atomic mass is 9.92. The molecule has 0 aromatic heterocycles. The molecule has 0 spiro atoms. The Kier molecular flexibility index (Phi) is 3.13. The van der Waals surface area contributed by atoms with Crippen molar-refractivity contribution in [1.82, 2.24) is 5.32 Å². The van der Waals surface area contributed by atoms with E-state index in [0.717, 1.165) is 13.0 Å². The van der Waals surface area contributed by atoms with Crippen molar-refractivity contribution < 1.29 is 4.74 Å². The Morgan fingerprint density at radius 2 is 2.07 bits per heavy atom. The van der Waals surface area contributed by atoms with Gasteiger partial charge in [-0.1, -0.05) is 26.2 Å². The average Bonchev–Trinajstić information content (AvgIpc) is 2.42. The van der Waals surface area contributed by atoms with Crippen LogP contribution in [0.2, 0.25) is 0 Å². The van der Waals surface area contributed by atoms with Gasteiger partial charge in [0.05, 0.1) is 12.7 Å². The fourth-order valence-electron chi connectivity index (χ4n) is 2.62. The van der Waals surface area contributed by atoms with E-state index in [-0.39, 0.29) is 5.54 Å². The molecule has 0 radical (unpaired) electrons. The lowest BCUT2D eigenvalue weighted by molar-refractivity contribution is -0.0608. The van der Waals surface area contributed by atoms with E-state index < -0.39 is 0 Å². The molecule has 2 nitrogen and oxygen atoms in total. The number of nitrogens with one attached hydrogen (secondary N) is 1. The second kappa shape index (κ2) is 4.19. The highest BCUT2D eigenvalue weighted by molar-refractivity contribution is 4.94. The summed E-state index contributed by atoms with van der Waals surface area (Å²) >= 11 is 0. The van der Waals surface area contributed by atoms with E-state index in [0.29, 0.717) is 12.1 Å². The summed E-state index contributed by atoms with van der Waals surface area (Å²) in [6, 6.07) is 0.621. The molecule has 2 aliphatic rings. The molecule has 0 aromatic rings. The zero-order chi connectivity index (χ0) is 10.0. The smallest absolute Gasteiger partial charge is 0.0729 e. The van der Waals surface area contributed by atoms with Gasteiger partial charge in [-0.05, 0) is 26.2 Å². The molecule has 2 rings (SSSR count). The molecule has 1 saturated heterocycles. The van der Waals surface area contributed by atoms with E-state index in [2.05, 4.69) is 19.2 Å². The predicted molar refractivity (Wildman–Crippen MR) is 58.4 cm³/mol. The number of hydrogen-bond donors (Lipinski definition) is 1. The second-order valence-corrected chi connectivity index (χ2v) is 5.15. The molecule has 3 atom stereocenters. The molecule has 1 aliphatic carbocycles. The number of ether oxygens (including phenoxy) is 1. The SMILES string of the molecule is CCC1(C)COC2CCCCCC2N1. The Balaban J connectivity index is 1.99. The van der Waals surface area contributed by atoms with Crippen LogP contribution in [0.5, 0.6) is 0 Å². The van der Waals surface area contributed by atoms with Gasteiger partial charge in [-0.25, -0.2) is 0 Å². The zero-order valence-electron chi connectivity index (χ0n) is 9.51. The van der Waals surface area contributed by atoms with Gasteiger partial charge < -0.3 is 10.1 Å². The van der Waals surface area contributed by atoms with E-state index in [1.165, 1.54) is 32.1 Å². The largest absolute Gasteiger partial charge is 0.375 e. The van der Waals surface area contributed by atoms with E-state index in [9.17, 15) is 0 Å². The molecule has 2 fully saturated rings. The summed E-state index contributed by atoms with van der Waals surface area (Å²) in [5.41, 5.74) is 0.228. The van der Waals surface area contributed by atoms with Crippen LogP contribution in [-0.4, -0.2) is 24.3 Å². The van der Waals surface area contributed by atoms with Crippen molar-refractivity contribution in [3.63, 3.8) is 0 Å². The molecule has 14 heavy (non-hydrogen) atoms. The van der Waals surface area contributed by atoms with Gasteiger partial charge in [0.25, 0.3) is 0 Å². The Hall–Kier alpha value is -0.0800. The van der Waals surface area contributed by atoms with Crippen LogP contribution in [0.25, 0.3) is 0 Å². The van der Waals surface area contributed by atoms with Gasteiger partial charge in [-0.15, -0.1) is 0 Å². The predicted octanol–water partition coefficient (Wildman–Crippen LogP) is 2.48. The monoisotopic (exact) mass is 197 g/mol. The highest BCUT2D eigenvalue weighted by Crippen LogP contribution is 2.28. The van der Waals surface area contributed by atoms with Crippen molar-refractivity contribution in [2.45, 2.75) is 70.1 Å². The first-order chi connectivity index (χ1) is 6.73. The molecule has 0 amide bonds. The molecular formula is C12H23NO. The van der Waals surface area contributed by atoms with Crippen LogP contribution in [0.15, 0.2) is 0 Å². The Morgan fingerprint density at radius 3 is 2.86 bits per heavy atom. The van der Waals surface area contributed by atoms with E-state index >= 15 is 0 Å². The summed E-state index contributed by atoms with van der Waals surface area (Å²) in [6.45, 7) is 5.42. The van der Waals surface area contributed by atoms with Crippen LogP contribution in [0, 0.1) is 0 Å². The van der Waals surface area contributed by atoms with Crippen LogP contribution in [0.4, 0.5) is 0 Å². The molecule has 1 saturated carbocycles. The molecule has 1 aliphatic heterocycles. The topological polar surface area (TPSA) is 21.3 Å². The highest BCUT2D eigenvalue weighted by Gasteiger charge is 2.36. The zero-order valence-corrected chi connectivity index (χ0v) is 9.51. The quantitative estimate of drug-likeness (QED) is 0.697. The highest BCUT2D eigenvalue weighted by atomic mass is 16.5. The van der Waals surface area contributed by atoms with Crippen molar-refractivity contribution in [2.24, 2.45) is 0 Å². The standard InChI is InChI=1S/C12H23NO/c1-3-12(2)9-14-11-8-6-4-5-7-10(11)13-12/h10-11,13H,3-9H2,1-2H3. The molecule has 82 valence electrons. The second-order valence-electron chi connectivity index (χ2n) is 5.15. The number of fused-ring (bicyclic) bond motifs is 1. The summed E-state index contributed by atoms with van der Waals surface area (Å²) in [4.78, 5) is 0. The fraction of sp³-hybridized carbons (Fsp3) is 1.00. The average molecular weight is 197 g/mol. The summed E-state index contributed by atoms with van der Waals surface area (Å²) < 4.78 is 6.01. The minimum absolute atomic E-state index is 0.228.